The van der Waals surface area contributed by atoms with Crippen molar-refractivity contribution in [3.63, 3.8) is 0 Å². The molecule has 0 aliphatic carbocycles. The van der Waals surface area contributed by atoms with Crippen molar-refractivity contribution in [2.24, 2.45) is 5.73 Å². The topological polar surface area (TPSA) is 79.3 Å². The number of likely N-dealkylation sites (tertiary alicyclic amines) is 1. The first kappa shape index (κ1) is 22.8. The molecule has 2 heterocycles. The Hall–Kier alpha value is -3.35. The number of methoxy groups -OCH3 is 1. The standard InChI is InChI=1S/C24H20F3N3O2S/c1-32-21-5-4-14(9-19(21)27)23-16(13-2-3-15(11-28)18(26)8-13)10-22(33-23)24(31)30-7-6-17(25)20(29)12-30/h2-5,8-10,17,20H,6-7,12,29H2,1H3/t17-,20-/m0/s1. The van der Waals surface area contributed by atoms with Crippen molar-refractivity contribution in [2.45, 2.75) is 18.6 Å². The van der Waals surface area contributed by atoms with Crippen LogP contribution in [0, 0.1) is 23.0 Å². The molecule has 0 radical (unpaired) electrons. The fourth-order valence-electron chi connectivity index (χ4n) is 3.80. The van der Waals surface area contributed by atoms with Crippen molar-refractivity contribution in [1.29, 1.82) is 5.26 Å². The average Bonchev–Trinajstić information content (AvgIpc) is 3.25. The third kappa shape index (κ3) is 4.45. The highest BCUT2D eigenvalue weighted by Crippen LogP contribution is 2.41. The van der Waals surface area contributed by atoms with E-state index in [0.29, 0.717) is 26.4 Å². The van der Waals surface area contributed by atoms with E-state index in [0.717, 1.165) is 11.3 Å². The van der Waals surface area contributed by atoms with Gasteiger partial charge in [-0.05, 0) is 53.9 Å². The van der Waals surface area contributed by atoms with E-state index in [2.05, 4.69) is 0 Å². The number of hydrogen-bond acceptors (Lipinski definition) is 5. The summed E-state index contributed by atoms with van der Waals surface area (Å²) in [5.41, 5.74) is 7.13. The highest BCUT2D eigenvalue weighted by Gasteiger charge is 2.31. The largest absolute Gasteiger partial charge is 0.494 e. The SMILES string of the molecule is COc1ccc(-c2sc(C(=O)N3CC[C@H](F)[C@@H](N)C3)cc2-c2ccc(C#N)c(F)c2)cc1F. The zero-order chi connectivity index (χ0) is 23.7. The lowest BCUT2D eigenvalue weighted by Gasteiger charge is -2.32. The quantitative estimate of drug-likeness (QED) is 0.596. The lowest BCUT2D eigenvalue weighted by Crippen LogP contribution is -2.51. The molecule has 2 atom stereocenters. The Labute approximate surface area is 192 Å². The molecule has 0 unspecified atom stereocenters. The number of nitriles is 1. The molecule has 1 aromatic heterocycles. The van der Waals surface area contributed by atoms with Crippen LogP contribution in [0.25, 0.3) is 21.6 Å². The fourth-order valence-corrected chi connectivity index (χ4v) is 4.94. The van der Waals surface area contributed by atoms with Gasteiger partial charge in [0.15, 0.2) is 11.6 Å². The number of thiophene rings is 1. The number of benzene rings is 2. The van der Waals surface area contributed by atoms with Crippen molar-refractivity contribution in [1.82, 2.24) is 4.90 Å². The van der Waals surface area contributed by atoms with Crippen LogP contribution in [-0.4, -0.2) is 43.2 Å². The Morgan fingerprint density at radius 3 is 2.55 bits per heavy atom. The molecule has 0 spiro atoms. The van der Waals surface area contributed by atoms with Gasteiger partial charge in [0.05, 0.1) is 23.6 Å². The van der Waals surface area contributed by atoms with E-state index in [1.54, 1.807) is 24.3 Å². The van der Waals surface area contributed by atoms with E-state index in [9.17, 15) is 18.0 Å². The number of carbonyl (C=O) groups excluding carboxylic acids is 1. The summed E-state index contributed by atoms with van der Waals surface area (Å²) in [5.74, 6) is -1.53. The molecule has 9 heteroatoms. The molecule has 170 valence electrons. The molecule has 3 aromatic rings. The minimum Gasteiger partial charge on any atom is -0.494 e. The van der Waals surface area contributed by atoms with Gasteiger partial charge in [0.25, 0.3) is 5.91 Å². The van der Waals surface area contributed by atoms with Gasteiger partial charge in [0, 0.05) is 23.5 Å². The maximum atomic E-state index is 14.4. The molecule has 0 saturated carbocycles. The predicted molar refractivity (Wildman–Crippen MR) is 120 cm³/mol. The number of hydrogen-bond donors (Lipinski definition) is 1. The molecule has 4 rings (SSSR count). The first-order chi connectivity index (χ1) is 15.8. The van der Waals surface area contributed by atoms with E-state index < -0.39 is 23.8 Å². The average molecular weight is 472 g/mol. The van der Waals surface area contributed by atoms with Crippen molar-refractivity contribution in [2.75, 3.05) is 20.2 Å². The van der Waals surface area contributed by atoms with E-state index >= 15 is 0 Å². The van der Waals surface area contributed by atoms with Crippen LogP contribution in [0.15, 0.2) is 42.5 Å². The van der Waals surface area contributed by atoms with Crippen LogP contribution in [0.3, 0.4) is 0 Å². The molecule has 1 aliphatic rings. The van der Waals surface area contributed by atoms with Crippen LogP contribution in [0.4, 0.5) is 13.2 Å². The molecular weight excluding hydrogens is 451 g/mol. The van der Waals surface area contributed by atoms with Crippen LogP contribution in [0.5, 0.6) is 5.75 Å². The zero-order valence-corrected chi connectivity index (χ0v) is 18.5. The molecule has 2 N–H and O–H groups in total. The van der Waals surface area contributed by atoms with Crippen LogP contribution in [0.2, 0.25) is 0 Å². The summed E-state index contributed by atoms with van der Waals surface area (Å²) >= 11 is 1.13. The maximum Gasteiger partial charge on any atom is 0.264 e. The molecule has 1 fully saturated rings. The second kappa shape index (κ2) is 9.25. The number of ether oxygens (including phenoxy) is 1. The fraction of sp³-hybridized carbons (Fsp3) is 0.250. The summed E-state index contributed by atoms with van der Waals surface area (Å²) < 4.78 is 47.5. The second-order valence-electron chi connectivity index (χ2n) is 7.73. The number of piperidine rings is 1. The van der Waals surface area contributed by atoms with Gasteiger partial charge in [-0.25, -0.2) is 13.2 Å². The van der Waals surface area contributed by atoms with Crippen LogP contribution < -0.4 is 10.5 Å². The first-order valence-corrected chi connectivity index (χ1v) is 11.0. The number of halogens is 3. The van der Waals surface area contributed by atoms with E-state index in [4.69, 9.17) is 15.7 Å². The summed E-state index contributed by atoms with van der Waals surface area (Å²) in [5, 5.41) is 9.03. The minimum absolute atomic E-state index is 0.0701. The van der Waals surface area contributed by atoms with Crippen molar-refractivity contribution < 1.29 is 22.7 Å². The van der Waals surface area contributed by atoms with Crippen molar-refractivity contribution in [3.05, 3.63) is 64.5 Å². The van der Waals surface area contributed by atoms with Crippen molar-refractivity contribution >= 4 is 17.2 Å². The van der Waals surface area contributed by atoms with Crippen LogP contribution >= 0.6 is 11.3 Å². The third-order valence-corrected chi connectivity index (χ3v) is 6.79. The van der Waals surface area contributed by atoms with Gasteiger partial charge in [-0.3, -0.25) is 4.79 Å². The number of rotatable bonds is 4. The van der Waals surface area contributed by atoms with E-state index in [1.807, 2.05) is 0 Å². The van der Waals surface area contributed by atoms with Gasteiger partial charge in [-0.15, -0.1) is 11.3 Å². The van der Waals surface area contributed by atoms with E-state index in [-0.39, 0.29) is 36.7 Å². The van der Waals surface area contributed by atoms with Gasteiger partial charge in [0.1, 0.15) is 18.1 Å². The lowest BCUT2D eigenvalue weighted by molar-refractivity contribution is 0.0635. The zero-order valence-electron chi connectivity index (χ0n) is 17.6. The Balaban J connectivity index is 1.80. The molecule has 2 aromatic carbocycles. The Morgan fingerprint density at radius 2 is 1.91 bits per heavy atom. The summed E-state index contributed by atoms with van der Waals surface area (Å²) in [6.45, 7) is 0.324. The molecule has 0 bridgehead atoms. The Kier molecular flexibility index (Phi) is 6.40. The Morgan fingerprint density at radius 1 is 1.18 bits per heavy atom. The van der Waals surface area contributed by atoms with Gasteiger partial charge in [-0.2, -0.15) is 5.26 Å². The molecule has 1 saturated heterocycles. The Bertz CT molecular complexity index is 1250. The number of carbonyl (C=O) groups is 1. The van der Waals surface area contributed by atoms with Gasteiger partial charge < -0.3 is 15.4 Å². The monoisotopic (exact) mass is 471 g/mol. The van der Waals surface area contributed by atoms with Gasteiger partial charge >= 0.3 is 0 Å². The van der Waals surface area contributed by atoms with Crippen molar-refractivity contribution in [3.8, 4) is 33.4 Å². The summed E-state index contributed by atoms with van der Waals surface area (Å²) in [6, 6.07) is 11.2. The third-order valence-electron chi connectivity index (χ3n) is 5.62. The molecule has 1 amide bonds. The number of nitrogens with zero attached hydrogens (tertiary/aromatic N) is 2. The maximum absolute atomic E-state index is 14.4. The lowest BCUT2D eigenvalue weighted by atomic mass is 10.00. The number of amides is 1. The summed E-state index contributed by atoms with van der Waals surface area (Å²) in [4.78, 5) is 15.5. The summed E-state index contributed by atoms with van der Waals surface area (Å²) in [7, 11) is 1.36. The molecule has 33 heavy (non-hydrogen) atoms. The number of alkyl halides is 1. The van der Waals surface area contributed by atoms with Crippen LogP contribution in [-0.2, 0) is 0 Å². The molecule has 5 nitrogen and oxygen atoms in total. The highest BCUT2D eigenvalue weighted by molar-refractivity contribution is 7.18. The predicted octanol–water partition coefficient (Wildman–Crippen LogP) is 4.75. The van der Waals surface area contributed by atoms with E-state index in [1.165, 1.54) is 36.3 Å². The second-order valence-corrected chi connectivity index (χ2v) is 8.78. The molecule has 1 aliphatic heterocycles. The minimum atomic E-state index is -1.16. The molecular formula is C24H20F3N3O2S. The summed E-state index contributed by atoms with van der Waals surface area (Å²) in [6.07, 6.45) is -1.00. The first-order valence-electron chi connectivity index (χ1n) is 10.2. The normalized spacial score (nSPS) is 18.1. The number of nitrogens with two attached hydrogens (primary N) is 1. The smallest absolute Gasteiger partial charge is 0.264 e. The van der Waals surface area contributed by atoms with Gasteiger partial charge in [-0.1, -0.05) is 6.07 Å². The van der Waals surface area contributed by atoms with Gasteiger partial charge in [0.2, 0.25) is 0 Å². The van der Waals surface area contributed by atoms with Crippen LogP contribution in [0.1, 0.15) is 21.7 Å². The highest BCUT2D eigenvalue weighted by atomic mass is 32.1.